The molecule has 23 heavy (non-hydrogen) atoms. The number of anilines is 1. The van der Waals surface area contributed by atoms with Gasteiger partial charge in [0.2, 0.25) is 5.91 Å². The van der Waals surface area contributed by atoms with Crippen molar-refractivity contribution in [1.82, 2.24) is 9.78 Å². The van der Waals surface area contributed by atoms with Gasteiger partial charge in [0.1, 0.15) is 5.82 Å². The van der Waals surface area contributed by atoms with E-state index in [9.17, 15) is 4.79 Å². The molecule has 1 amide bonds. The van der Waals surface area contributed by atoms with E-state index in [-0.39, 0.29) is 16.7 Å². The Morgan fingerprint density at radius 3 is 2.61 bits per heavy atom. The molecule has 6 heteroatoms. The zero-order chi connectivity index (χ0) is 16.6. The van der Waals surface area contributed by atoms with Crippen LogP contribution in [0.4, 0.5) is 5.82 Å². The standard InChI is InChI=1S/C17H21N3OS2/c1-17(2,3)20-16-13(9-18-20)15(23-10-14(21)19-16)11-5-7-12(22-4)8-6-11/h5-9,15H,10H2,1-4H3,(H,19,21)/t15-/m1/s1. The van der Waals surface area contributed by atoms with E-state index in [1.807, 2.05) is 10.9 Å². The summed E-state index contributed by atoms with van der Waals surface area (Å²) in [6.45, 7) is 6.27. The highest BCUT2D eigenvalue weighted by molar-refractivity contribution is 8.00. The average Bonchev–Trinajstić information content (AvgIpc) is 2.85. The highest BCUT2D eigenvalue weighted by Crippen LogP contribution is 2.42. The number of nitrogens with one attached hydrogen (secondary N) is 1. The number of carbonyl (C=O) groups excluding carboxylic acids is 1. The molecule has 1 aliphatic rings. The lowest BCUT2D eigenvalue weighted by Crippen LogP contribution is -2.27. The van der Waals surface area contributed by atoms with Gasteiger partial charge in [0.25, 0.3) is 0 Å². The summed E-state index contributed by atoms with van der Waals surface area (Å²) in [6.07, 6.45) is 3.97. The van der Waals surface area contributed by atoms with Gasteiger partial charge in [-0.15, -0.1) is 23.5 Å². The fourth-order valence-corrected chi connectivity index (χ4v) is 4.16. The van der Waals surface area contributed by atoms with Crippen LogP contribution in [0.15, 0.2) is 35.4 Å². The van der Waals surface area contributed by atoms with Crippen molar-refractivity contribution in [3.8, 4) is 0 Å². The molecule has 0 fully saturated rings. The van der Waals surface area contributed by atoms with Crippen molar-refractivity contribution in [1.29, 1.82) is 0 Å². The molecule has 1 atom stereocenters. The Labute approximate surface area is 145 Å². The second-order valence-electron chi connectivity index (χ2n) is 6.54. The van der Waals surface area contributed by atoms with Gasteiger partial charge in [-0.1, -0.05) is 12.1 Å². The Kier molecular flexibility index (Phi) is 4.47. The average molecular weight is 348 g/mol. The van der Waals surface area contributed by atoms with E-state index < -0.39 is 0 Å². The molecule has 0 spiro atoms. The molecular formula is C17H21N3OS2. The van der Waals surface area contributed by atoms with Gasteiger partial charge < -0.3 is 5.32 Å². The number of hydrogen-bond acceptors (Lipinski definition) is 4. The third kappa shape index (κ3) is 3.28. The number of aromatic nitrogens is 2. The van der Waals surface area contributed by atoms with Gasteiger partial charge in [-0.25, -0.2) is 4.68 Å². The summed E-state index contributed by atoms with van der Waals surface area (Å²) in [4.78, 5) is 13.4. The van der Waals surface area contributed by atoms with Crippen molar-refractivity contribution in [2.75, 3.05) is 17.3 Å². The number of amides is 1. The zero-order valence-electron chi connectivity index (χ0n) is 13.8. The van der Waals surface area contributed by atoms with E-state index in [1.165, 1.54) is 10.5 Å². The molecule has 0 saturated carbocycles. The number of rotatable bonds is 2. The van der Waals surface area contributed by atoms with Crippen molar-refractivity contribution < 1.29 is 4.79 Å². The summed E-state index contributed by atoms with van der Waals surface area (Å²) in [7, 11) is 0. The zero-order valence-corrected chi connectivity index (χ0v) is 15.4. The second-order valence-corrected chi connectivity index (χ2v) is 8.52. The molecule has 1 N–H and O–H groups in total. The van der Waals surface area contributed by atoms with Gasteiger partial charge >= 0.3 is 0 Å². The summed E-state index contributed by atoms with van der Waals surface area (Å²) < 4.78 is 1.91. The number of benzene rings is 1. The Balaban J connectivity index is 2.06. The molecule has 122 valence electrons. The summed E-state index contributed by atoms with van der Waals surface area (Å²) in [5.41, 5.74) is 2.11. The fraction of sp³-hybridized carbons (Fsp3) is 0.412. The maximum atomic E-state index is 12.1. The van der Waals surface area contributed by atoms with Crippen LogP contribution in [0.25, 0.3) is 0 Å². The lowest BCUT2D eigenvalue weighted by molar-refractivity contribution is -0.113. The Morgan fingerprint density at radius 1 is 1.30 bits per heavy atom. The molecule has 0 unspecified atom stereocenters. The number of thioether (sulfide) groups is 2. The number of fused-ring (bicyclic) bond motifs is 1. The van der Waals surface area contributed by atoms with Crippen LogP contribution < -0.4 is 5.32 Å². The first kappa shape index (κ1) is 16.5. The van der Waals surface area contributed by atoms with Crippen molar-refractivity contribution in [3.05, 3.63) is 41.6 Å². The first-order chi connectivity index (χ1) is 10.9. The third-order valence-corrected chi connectivity index (χ3v) is 5.80. The van der Waals surface area contributed by atoms with E-state index in [2.05, 4.69) is 61.7 Å². The summed E-state index contributed by atoms with van der Waals surface area (Å²) in [5, 5.41) is 7.70. The SMILES string of the molecule is CSc1ccc([C@H]2SCC(=O)Nc3c2cnn3C(C)(C)C)cc1. The van der Waals surface area contributed by atoms with Crippen LogP contribution >= 0.6 is 23.5 Å². The van der Waals surface area contributed by atoms with Crippen LogP contribution in [-0.2, 0) is 10.3 Å². The van der Waals surface area contributed by atoms with E-state index >= 15 is 0 Å². The fourth-order valence-electron chi connectivity index (χ4n) is 2.66. The maximum Gasteiger partial charge on any atom is 0.235 e. The summed E-state index contributed by atoms with van der Waals surface area (Å²) in [6, 6.07) is 8.57. The normalized spacial score (nSPS) is 18.3. The monoisotopic (exact) mass is 347 g/mol. The predicted molar refractivity (Wildman–Crippen MR) is 98.4 cm³/mol. The Bertz CT molecular complexity index is 716. The van der Waals surface area contributed by atoms with Crippen molar-refractivity contribution in [2.24, 2.45) is 0 Å². The first-order valence-corrected chi connectivity index (χ1v) is 9.81. The molecule has 0 bridgehead atoms. The smallest absolute Gasteiger partial charge is 0.235 e. The highest BCUT2D eigenvalue weighted by atomic mass is 32.2. The molecule has 0 aliphatic carbocycles. The van der Waals surface area contributed by atoms with E-state index in [1.54, 1.807) is 23.5 Å². The van der Waals surface area contributed by atoms with Crippen LogP contribution in [0.1, 0.15) is 37.1 Å². The van der Waals surface area contributed by atoms with E-state index in [0.717, 1.165) is 11.4 Å². The lowest BCUT2D eigenvalue weighted by Gasteiger charge is -2.23. The van der Waals surface area contributed by atoms with Crippen LogP contribution in [0, 0.1) is 0 Å². The van der Waals surface area contributed by atoms with Gasteiger partial charge in [-0.2, -0.15) is 5.10 Å². The molecule has 1 aromatic heterocycles. The first-order valence-electron chi connectivity index (χ1n) is 7.54. The second kappa shape index (κ2) is 6.24. The lowest BCUT2D eigenvalue weighted by atomic mass is 10.1. The largest absolute Gasteiger partial charge is 0.310 e. The minimum atomic E-state index is -0.177. The third-order valence-electron chi connectivity index (χ3n) is 3.77. The van der Waals surface area contributed by atoms with Crippen molar-refractivity contribution >= 4 is 35.2 Å². The van der Waals surface area contributed by atoms with Crippen molar-refractivity contribution in [3.63, 3.8) is 0 Å². The quantitative estimate of drug-likeness (QED) is 0.830. The van der Waals surface area contributed by atoms with Gasteiger partial charge in [-0.3, -0.25) is 4.79 Å². The Morgan fingerprint density at radius 2 is 2.00 bits per heavy atom. The van der Waals surface area contributed by atoms with Crippen LogP contribution in [0.2, 0.25) is 0 Å². The van der Waals surface area contributed by atoms with Crippen LogP contribution in [-0.4, -0.2) is 27.7 Å². The van der Waals surface area contributed by atoms with E-state index in [4.69, 9.17) is 0 Å². The Hall–Kier alpha value is -1.40. The van der Waals surface area contributed by atoms with Crippen molar-refractivity contribution in [2.45, 2.75) is 36.5 Å². The number of hydrogen-bond donors (Lipinski definition) is 1. The molecule has 2 aromatic rings. The van der Waals surface area contributed by atoms with Crippen LogP contribution in [0.5, 0.6) is 0 Å². The van der Waals surface area contributed by atoms with Gasteiger partial charge in [0, 0.05) is 10.5 Å². The molecule has 4 nitrogen and oxygen atoms in total. The predicted octanol–water partition coefficient (Wildman–Crippen LogP) is 4.13. The number of nitrogens with zero attached hydrogens (tertiary/aromatic N) is 2. The summed E-state index contributed by atoms with van der Waals surface area (Å²) in [5.74, 6) is 1.31. The molecule has 1 aromatic carbocycles. The highest BCUT2D eigenvalue weighted by Gasteiger charge is 2.30. The molecule has 0 saturated heterocycles. The minimum Gasteiger partial charge on any atom is -0.310 e. The van der Waals surface area contributed by atoms with Gasteiger partial charge in [-0.05, 0) is 44.7 Å². The number of carbonyl (C=O) groups is 1. The molecule has 0 radical (unpaired) electrons. The van der Waals surface area contributed by atoms with Crippen LogP contribution in [0.3, 0.4) is 0 Å². The van der Waals surface area contributed by atoms with Gasteiger partial charge in [0.15, 0.2) is 0 Å². The van der Waals surface area contributed by atoms with Gasteiger partial charge in [0.05, 0.1) is 22.7 Å². The molecule has 1 aliphatic heterocycles. The molecule has 3 rings (SSSR count). The maximum absolute atomic E-state index is 12.1. The topological polar surface area (TPSA) is 46.9 Å². The summed E-state index contributed by atoms with van der Waals surface area (Å²) >= 11 is 3.39. The molecular weight excluding hydrogens is 326 g/mol. The molecule has 2 heterocycles. The minimum absolute atomic E-state index is 0.0329. The van der Waals surface area contributed by atoms with E-state index in [0.29, 0.717) is 5.75 Å².